The molecule has 0 aliphatic rings. The van der Waals surface area contributed by atoms with E-state index in [0.29, 0.717) is 18.7 Å². The first kappa shape index (κ1) is 27.2. The molecule has 2 rings (SSSR count). The first-order valence-electron chi connectivity index (χ1n) is 11.4. The van der Waals surface area contributed by atoms with Gasteiger partial charge in [0.05, 0.1) is 19.1 Å². The number of carbonyl (C=O) groups excluding carboxylic acids is 2. The lowest BCUT2D eigenvalue weighted by molar-refractivity contribution is -0.140. The summed E-state index contributed by atoms with van der Waals surface area (Å²) in [4.78, 5) is 28.1. The smallest absolute Gasteiger partial charge is 0.244 e. The molecule has 2 aromatic carbocycles. The van der Waals surface area contributed by atoms with E-state index >= 15 is 0 Å². The number of anilines is 1. The van der Waals surface area contributed by atoms with Gasteiger partial charge in [0.1, 0.15) is 18.3 Å². The number of hydrogen-bond acceptors (Lipinski definition) is 5. The summed E-state index contributed by atoms with van der Waals surface area (Å²) in [7, 11) is -2.38. The minimum atomic E-state index is -3.82. The van der Waals surface area contributed by atoms with Gasteiger partial charge in [-0.25, -0.2) is 8.42 Å². The Morgan fingerprint density at radius 3 is 2.29 bits per heavy atom. The molecular formula is C25H35N3O5S. The average molecular weight is 490 g/mol. The predicted molar refractivity (Wildman–Crippen MR) is 134 cm³/mol. The summed E-state index contributed by atoms with van der Waals surface area (Å²) in [5.74, 6) is -0.397. The van der Waals surface area contributed by atoms with Crippen LogP contribution in [0.2, 0.25) is 0 Å². The van der Waals surface area contributed by atoms with Gasteiger partial charge in [0, 0.05) is 13.1 Å². The summed E-state index contributed by atoms with van der Waals surface area (Å²) in [5.41, 5.74) is 2.13. The zero-order chi connectivity index (χ0) is 25.3. The van der Waals surface area contributed by atoms with Crippen LogP contribution in [0.25, 0.3) is 0 Å². The fourth-order valence-corrected chi connectivity index (χ4v) is 4.54. The van der Waals surface area contributed by atoms with E-state index in [-0.39, 0.29) is 18.1 Å². The topological polar surface area (TPSA) is 96.0 Å². The van der Waals surface area contributed by atoms with E-state index in [9.17, 15) is 18.0 Å². The summed E-state index contributed by atoms with van der Waals surface area (Å²) in [6, 6.07) is 13.5. The lowest BCUT2D eigenvalue weighted by Gasteiger charge is -2.33. The van der Waals surface area contributed by atoms with Gasteiger partial charge in [-0.05, 0) is 43.0 Å². The highest BCUT2D eigenvalue weighted by atomic mass is 32.2. The van der Waals surface area contributed by atoms with Gasteiger partial charge in [-0.2, -0.15) is 0 Å². The van der Waals surface area contributed by atoms with Crippen molar-refractivity contribution in [1.29, 1.82) is 0 Å². The first-order valence-corrected chi connectivity index (χ1v) is 13.2. The number of para-hydroxylation sites is 2. The molecule has 0 bridgehead atoms. The molecule has 0 aromatic heterocycles. The number of nitrogens with one attached hydrogen (secondary N) is 1. The van der Waals surface area contributed by atoms with Crippen LogP contribution in [0.5, 0.6) is 5.75 Å². The normalized spacial score (nSPS) is 12.0. The van der Waals surface area contributed by atoms with E-state index in [1.807, 2.05) is 45.0 Å². The zero-order valence-electron chi connectivity index (χ0n) is 20.6. The second-order valence-electron chi connectivity index (χ2n) is 8.10. The van der Waals surface area contributed by atoms with Crippen LogP contribution in [0.15, 0.2) is 48.5 Å². The number of benzene rings is 2. The van der Waals surface area contributed by atoms with Crippen molar-refractivity contribution >= 4 is 27.5 Å². The van der Waals surface area contributed by atoms with Gasteiger partial charge >= 0.3 is 0 Å². The van der Waals surface area contributed by atoms with Crippen LogP contribution in [0.4, 0.5) is 5.69 Å². The largest absolute Gasteiger partial charge is 0.495 e. The average Bonchev–Trinajstić information content (AvgIpc) is 2.81. The van der Waals surface area contributed by atoms with Gasteiger partial charge in [-0.3, -0.25) is 13.9 Å². The molecule has 34 heavy (non-hydrogen) atoms. The van der Waals surface area contributed by atoms with Crippen molar-refractivity contribution in [3.63, 3.8) is 0 Å². The number of sulfonamides is 1. The van der Waals surface area contributed by atoms with Gasteiger partial charge in [-0.15, -0.1) is 0 Å². The second kappa shape index (κ2) is 12.4. The summed E-state index contributed by atoms with van der Waals surface area (Å²) in [6.45, 7) is 5.96. The van der Waals surface area contributed by atoms with Crippen LogP contribution in [0.1, 0.15) is 37.8 Å². The molecule has 0 heterocycles. The van der Waals surface area contributed by atoms with Crippen LogP contribution >= 0.6 is 0 Å². The van der Waals surface area contributed by atoms with Crippen molar-refractivity contribution in [2.45, 2.75) is 46.2 Å². The van der Waals surface area contributed by atoms with Gasteiger partial charge in [0.2, 0.25) is 21.8 Å². The molecule has 0 fully saturated rings. The molecule has 0 aliphatic carbocycles. The monoisotopic (exact) mass is 489 g/mol. The Balaban J connectivity index is 2.47. The number of nitrogens with zero attached hydrogens (tertiary/aromatic N) is 2. The summed E-state index contributed by atoms with van der Waals surface area (Å²) in [6.07, 6.45) is 2.20. The molecule has 0 radical (unpaired) electrons. The fraction of sp³-hybridized carbons (Fsp3) is 0.440. The van der Waals surface area contributed by atoms with Crippen molar-refractivity contribution in [2.24, 2.45) is 0 Å². The number of carbonyl (C=O) groups is 2. The van der Waals surface area contributed by atoms with Crippen molar-refractivity contribution in [3.05, 3.63) is 59.7 Å². The molecule has 0 aliphatic heterocycles. The Hall–Kier alpha value is -3.07. The lowest BCUT2D eigenvalue weighted by Crippen LogP contribution is -2.52. The summed E-state index contributed by atoms with van der Waals surface area (Å²) in [5, 5.41) is 2.87. The van der Waals surface area contributed by atoms with Crippen molar-refractivity contribution in [1.82, 2.24) is 10.2 Å². The number of hydrogen-bond donors (Lipinski definition) is 1. The minimum absolute atomic E-state index is 0.188. The Labute approximate surface area is 202 Å². The zero-order valence-corrected chi connectivity index (χ0v) is 21.4. The fourth-order valence-electron chi connectivity index (χ4n) is 3.69. The number of amides is 2. The molecule has 1 N–H and O–H groups in total. The quantitative estimate of drug-likeness (QED) is 0.494. The van der Waals surface area contributed by atoms with E-state index < -0.39 is 28.5 Å². The minimum Gasteiger partial charge on any atom is -0.495 e. The predicted octanol–water partition coefficient (Wildman–Crippen LogP) is 3.10. The number of methoxy groups -OCH3 is 1. The molecule has 0 unspecified atom stereocenters. The Bertz CT molecular complexity index is 1090. The highest BCUT2D eigenvalue weighted by Gasteiger charge is 2.32. The molecule has 9 heteroatoms. The van der Waals surface area contributed by atoms with Gasteiger partial charge < -0.3 is 15.0 Å². The third-order valence-corrected chi connectivity index (χ3v) is 6.70. The second-order valence-corrected chi connectivity index (χ2v) is 10.0. The number of aryl methyl sites for hydroxylation is 1. The molecule has 8 nitrogen and oxygen atoms in total. The van der Waals surface area contributed by atoms with Gasteiger partial charge in [0.15, 0.2) is 0 Å². The van der Waals surface area contributed by atoms with Crippen LogP contribution in [-0.2, 0) is 26.2 Å². The van der Waals surface area contributed by atoms with E-state index in [4.69, 9.17) is 4.74 Å². The Morgan fingerprint density at radius 2 is 1.71 bits per heavy atom. The molecule has 0 spiro atoms. The standard InChI is InChI=1S/C25H35N3O5S/c1-6-16-26-25(30)21(7-2)27(17-20-13-9-8-12-19(20)3)24(29)18-28(34(5,31)32)22-14-10-11-15-23(22)33-4/h8-15,21H,6-7,16-18H2,1-5H3,(H,26,30)/t21-/m0/s1. The molecular weight excluding hydrogens is 454 g/mol. The third kappa shape index (κ3) is 6.96. The maximum atomic E-state index is 13.7. The Morgan fingerprint density at radius 1 is 1.06 bits per heavy atom. The molecule has 0 saturated heterocycles. The Kier molecular flexibility index (Phi) is 9.92. The molecule has 1 atom stereocenters. The lowest BCUT2D eigenvalue weighted by atomic mass is 10.1. The molecule has 2 amide bonds. The maximum absolute atomic E-state index is 13.7. The number of rotatable bonds is 12. The van der Waals surface area contributed by atoms with Crippen LogP contribution in [-0.4, -0.2) is 57.6 Å². The van der Waals surface area contributed by atoms with Gasteiger partial charge in [-0.1, -0.05) is 50.2 Å². The molecule has 186 valence electrons. The van der Waals surface area contributed by atoms with Crippen LogP contribution < -0.4 is 14.4 Å². The summed E-state index contributed by atoms with van der Waals surface area (Å²) < 4.78 is 31.8. The van der Waals surface area contributed by atoms with Crippen molar-refractivity contribution < 1.29 is 22.7 Å². The van der Waals surface area contributed by atoms with Crippen LogP contribution in [0.3, 0.4) is 0 Å². The SMILES string of the molecule is CCCNC(=O)[C@H](CC)N(Cc1ccccc1C)C(=O)CN(c1ccccc1OC)S(C)(=O)=O. The number of ether oxygens (including phenoxy) is 1. The highest BCUT2D eigenvalue weighted by molar-refractivity contribution is 7.92. The van der Waals surface area contributed by atoms with E-state index in [2.05, 4.69) is 5.32 Å². The first-order chi connectivity index (χ1) is 16.1. The van der Waals surface area contributed by atoms with Crippen LogP contribution in [0, 0.1) is 6.92 Å². The highest BCUT2D eigenvalue weighted by Crippen LogP contribution is 2.29. The van der Waals surface area contributed by atoms with E-state index in [0.717, 1.165) is 28.1 Å². The summed E-state index contributed by atoms with van der Waals surface area (Å²) >= 11 is 0. The van der Waals surface area contributed by atoms with Gasteiger partial charge in [0.25, 0.3) is 0 Å². The molecule has 0 saturated carbocycles. The third-order valence-electron chi connectivity index (χ3n) is 5.57. The molecule has 2 aromatic rings. The van der Waals surface area contributed by atoms with Crippen molar-refractivity contribution in [3.8, 4) is 5.75 Å². The van der Waals surface area contributed by atoms with Crippen molar-refractivity contribution in [2.75, 3.05) is 30.8 Å². The maximum Gasteiger partial charge on any atom is 0.244 e. The van der Waals surface area contributed by atoms with E-state index in [1.165, 1.54) is 12.0 Å². The van der Waals surface area contributed by atoms with E-state index in [1.54, 1.807) is 24.3 Å².